The third-order valence-corrected chi connectivity index (χ3v) is 0. The first-order valence-electron chi connectivity index (χ1n) is 0.775. The molecule has 10 heteroatoms. The van der Waals surface area contributed by atoms with Gasteiger partial charge >= 0.3 is 56.2 Å². The van der Waals surface area contributed by atoms with Crippen molar-refractivity contribution in [2.75, 3.05) is 0 Å². The second kappa shape index (κ2) is 43.7. The van der Waals surface area contributed by atoms with Crippen molar-refractivity contribution in [2.45, 2.75) is 0 Å². The van der Waals surface area contributed by atoms with E-state index in [1.807, 2.05) is 0 Å². The van der Waals surface area contributed by atoms with Crippen LogP contribution in [0.1, 0.15) is 2.85 Å². The summed E-state index contributed by atoms with van der Waals surface area (Å²) in [5.41, 5.74) is 0. The van der Waals surface area contributed by atoms with Crippen LogP contribution in [0.2, 0.25) is 0 Å². The van der Waals surface area contributed by atoms with Crippen molar-refractivity contribution in [3.63, 3.8) is 0 Å². The van der Waals surface area contributed by atoms with Gasteiger partial charge in [-0.25, -0.2) is 0 Å². The SMILES string of the molecule is O.O.O.O.OB(O)O.[Ba+2].[H-].[H-].[Ti]. The van der Waals surface area contributed by atoms with Gasteiger partial charge in [0.1, 0.15) is 0 Å². The van der Waals surface area contributed by atoms with Gasteiger partial charge < -0.3 is 39.8 Å². The zero-order valence-electron chi connectivity index (χ0n) is 7.13. The van der Waals surface area contributed by atoms with Crippen LogP contribution in [0.3, 0.4) is 0 Å². The molecule has 11 N–H and O–H groups in total. The molecule has 0 aliphatic heterocycles. The Bertz CT molecular complexity index is 26.1. The molecule has 0 aliphatic carbocycles. The molecule has 0 atom stereocenters. The Balaban J connectivity index is -0.00000000161. The van der Waals surface area contributed by atoms with Gasteiger partial charge in [0.05, 0.1) is 0 Å². The van der Waals surface area contributed by atoms with Crippen LogP contribution in [0.5, 0.6) is 0 Å². The van der Waals surface area contributed by atoms with Crippen LogP contribution >= 0.6 is 0 Å². The normalized spacial score (nSPS) is 2.70. The van der Waals surface area contributed by atoms with Crippen molar-refractivity contribution in [3.05, 3.63) is 0 Å². The van der Waals surface area contributed by atoms with Crippen LogP contribution in [-0.4, -0.2) is 93.2 Å². The maximum atomic E-state index is 7.17. The summed E-state index contributed by atoms with van der Waals surface area (Å²) in [5.74, 6) is 0. The standard InChI is InChI=1S/BH3O3.Ba.4H2O.Ti.2H/c2-1(3)4;;;;;;;;/h2-4H;;4*1H2;;;/q;+2;;;;;;2*-1. The van der Waals surface area contributed by atoms with Crippen LogP contribution in [0.15, 0.2) is 0 Å². The second-order valence-electron chi connectivity index (χ2n) is 0.346. The zero-order chi connectivity index (χ0) is 3.58. The third kappa shape index (κ3) is 193. The van der Waals surface area contributed by atoms with Crippen molar-refractivity contribution < 1.29 is 61.5 Å². The summed E-state index contributed by atoms with van der Waals surface area (Å²) in [7, 11) is -2.17. The van der Waals surface area contributed by atoms with Crippen molar-refractivity contribution in [3.8, 4) is 0 Å². The van der Waals surface area contributed by atoms with Crippen molar-refractivity contribution in [1.82, 2.24) is 0 Å². The molecule has 0 aromatic heterocycles. The van der Waals surface area contributed by atoms with Gasteiger partial charge in [-0.05, 0) is 0 Å². The number of hydrogen-bond acceptors (Lipinski definition) is 3. The Kier molecular flexibility index (Phi) is 251. The molecule has 0 radical (unpaired) electrons. The summed E-state index contributed by atoms with van der Waals surface area (Å²) in [6.45, 7) is 0. The van der Waals surface area contributed by atoms with Crippen molar-refractivity contribution in [2.24, 2.45) is 0 Å². The first kappa shape index (κ1) is 57.5. The van der Waals surface area contributed by atoms with E-state index in [1.54, 1.807) is 0 Å². The minimum atomic E-state index is -2.17. The number of hydrogen-bond donors (Lipinski definition) is 3. The van der Waals surface area contributed by atoms with E-state index in [9.17, 15) is 0 Å². The van der Waals surface area contributed by atoms with E-state index in [4.69, 9.17) is 15.1 Å². The summed E-state index contributed by atoms with van der Waals surface area (Å²) < 4.78 is 0. The maximum Gasteiger partial charge on any atom is 2.00 e. The minimum Gasteiger partial charge on any atom is -1.00 e. The summed E-state index contributed by atoms with van der Waals surface area (Å²) in [6.07, 6.45) is 0. The fourth-order valence-corrected chi connectivity index (χ4v) is 0. The largest absolute Gasteiger partial charge is 2.00 e. The van der Waals surface area contributed by atoms with Gasteiger partial charge in [-0.15, -0.1) is 0 Å². The van der Waals surface area contributed by atoms with Gasteiger partial charge in [0.15, 0.2) is 0 Å². The molecule has 0 aromatic rings. The monoisotopic (exact) mass is 322 g/mol. The Morgan fingerprint density at radius 2 is 0.800 bits per heavy atom. The molecule has 0 saturated carbocycles. The Morgan fingerprint density at radius 1 is 0.800 bits per heavy atom. The van der Waals surface area contributed by atoms with Crippen molar-refractivity contribution >= 4 is 56.2 Å². The zero-order valence-corrected chi connectivity index (χ0v) is 11.1. The summed E-state index contributed by atoms with van der Waals surface area (Å²) in [5, 5.41) is 21.5. The average Bonchev–Trinajstić information content (AvgIpc) is 0.811. The summed E-state index contributed by atoms with van der Waals surface area (Å²) in [4.78, 5) is 0. The predicted molar refractivity (Wildman–Crippen MR) is 34.8 cm³/mol. The van der Waals surface area contributed by atoms with E-state index < -0.39 is 7.32 Å². The number of rotatable bonds is 0. The molecular weight excluding hydrogens is 308 g/mol. The quantitative estimate of drug-likeness (QED) is 0.376. The Morgan fingerprint density at radius 3 is 0.800 bits per heavy atom. The fraction of sp³-hybridized carbons (Fsp3) is 0. The molecule has 0 spiro atoms. The molecule has 0 aromatic carbocycles. The van der Waals surface area contributed by atoms with E-state index in [2.05, 4.69) is 0 Å². The maximum absolute atomic E-state index is 7.17. The van der Waals surface area contributed by atoms with Gasteiger partial charge in [-0.3, -0.25) is 0 Å². The van der Waals surface area contributed by atoms with Gasteiger partial charge in [-0.2, -0.15) is 0 Å². The summed E-state index contributed by atoms with van der Waals surface area (Å²) in [6, 6.07) is 0. The molecule has 64 valence electrons. The van der Waals surface area contributed by atoms with E-state index in [1.165, 1.54) is 0 Å². The van der Waals surface area contributed by atoms with Crippen LogP contribution in [-0.2, 0) is 21.7 Å². The Hall–Kier alpha value is 2.07. The van der Waals surface area contributed by atoms with Crippen LogP contribution in [0.4, 0.5) is 0 Å². The van der Waals surface area contributed by atoms with E-state index in [-0.39, 0.29) is 95.4 Å². The fourth-order valence-electron chi connectivity index (χ4n) is 0. The first-order chi connectivity index (χ1) is 1.73. The van der Waals surface area contributed by atoms with Crippen LogP contribution in [0.25, 0.3) is 0 Å². The molecule has 0 amide bonds. The van der Waals surface area contributed by atoms with Gasteiger partial charge in [0.2, 0.25) is 0 Å². The molecule has 0 heterocycles. The predicted octanol–water partition coefficient (Wildman–Crippen LogP) is -5.51. The van der Waals surface area contributed by atoms with Gasteiger partial charge in [0, 0.05) is 21.7 Å². The minimum absolute atomic E-state index is 0. The Labute approximate surface area is 116 Å². The van der Waals surface area contributed by atoms with Crippen LogP contribution in [0, 0.1) is 0 Å². The van der Waals surface area contributed by atoms with Gasteiger partial charge in [-0.1, -0.05) is 0 Å². The molecule has 0 unspecified atom stereocenters. The molecule has 0 bridgehead atoms. The smallest absolute Gasteiger partial charge is 1.00 e. The molecule has 0 saturated heterocycles. The third-order valence-electron chi connectivity index (χ3n) is 0. The molecule has 0 aliphatic rings. The van der Waals surface area contributed by atoms with E-state index in [0.717, 1.165) is 0 Å². The molecule has 10 heavy (non-hydrogen) atoms. The van der Waals surface area contributed by atoms with E-state index >= 15 is 0 Å². The summed E-state index contributed by atoms with van der Waals surface area (Å²) >= 11 is 0. The molecule has 0 fully saturated rings. The second-order valence-corrected chi connectivity index (χ2v) is 0.346. The average molecular weight is 321 g/mol. The van der Waals surface area contributed by atoms with Crippen molar-refractivity contribution in [1.29, 1.82) is 0 Å². The van der Waals surface area contributed by atoms with Crippen LogP contribution < -0.4 is 0 Å². The molecule has 0 rings (SSSR count). The van der Waals surface area contributed by atoms with Gasteiger partial charge in [0.25, 0.3) is 0 Å². The van der Waals surface area contributed by atoms with E-state index in [0.29, 0.717) is 0 Å². The molecular formula is H13BBaO7Ti. The molecule has 7 nitrogen and oxygen atoms in total. The first-order valence-corrected chi connectivity index (χ1v) is 0.775. The topological polar surface area (TPSA) is 187 Å².